The zero-order chi connectivity index (χ0) is 15.2. The van der Waals surface area contributed by atoms with E-state index in [0.29, 0.717) is 26.2 Å². The van der Waals surface area contributed by atoms with E-state index >= 15 is 0 Å². The number of hydrogen-bond donors (Lipinski definition) is 2. The molecule has 1 unspecified atom stereocenters. The molecule has 0 spiro atoms. The maximum Gasteiger partial charge on any atom is 0.320 e. The second-order valence-electron chi connectivity index (χ2n) is 5.78. The van der Waals surface area contributed by atoms with Crippen molar-refractivity contribution in [2.75, 3.05) is 45.9 Å². The number of likely N-dealkylation sites (tertiary alicyclic amines) is 1. The second-order valence-corrected chi connectivity index (χ2v) is 5.78. The third-order valence-electron chi connectivity index (χ3n) is 4.31. The van der Waals surface area contributed by atoms with Gasteiger partial charge in [-0.3, -0.25) is 9.69 Å². The normalized spacial score (nSPS) is 24.1. The minimum Gasteiger partial charge on any atom is -0.481 e. The number of urea groups is 1. The summed E-state index contributed by atoms with van der Waals surface area (Å²) in [6.45, 7) is 4.46. The molecule has 0 aromatic rings. The SMILES string of the molecule is O=C(O)CC1CCCN1C(=O)N1CCCN(CCO)CC1. The van der Waals surface area contributed by atoms with Crippen LogP contribution in [0, 0.1) is 0 Å². The van der Waals surface area contributed by atoms with Crippen LogP contribution in [0.2, 0.25) is 0 Å². The van der Waals surface area contributed by atoms with Gasteiger partial charge in [0.1, 0.15) is 0 Å². The van der Waals surface area contributed by atoms with E-state index in [2.05, 4.69) is 4.90 Å². The highest BCUT2D eigenvalue weighted by molar-refractivity contribution is 5.76. The fourth-order valence-electron chi connectivity index (χ4n) is 3.21. The van der Waals surface area contributed by atoms with Gasteiger partial charge >= 0.3 is 12.0 Å². The minimum absolute atomic E-state index is 0.0235. The van der Waals surface area contributed by atoms with Crippen LogP contribution in [0.15, 0.2) is 0 Å². The standard InChI is InChI=1S/C14H25N3O4/c18-10-9-15-4-2-5-16(8-7-15)14(21)17-6-1-3-12(17)11-13(19)20/h12,18H,1-11H2,(H,19,20). The molecule has 7 heteroatoms. The van der Waals surface area contributed by atoms with E-state index in [4.69, 9.17) is 10.2 Å². The van der Waals surface area contributed by atoms with Crippen molar-refractivity contribution >= 4 is 12.0 Å². The molecule has 0 aromatic heterocycles. The van der Waals surface area contributed by atoms with Crippen molar-refractivity contribution in [1.29, 1.82) is 0 Å². The van der Waals surface area contributed by atoms with Crippen LogP contribution >= 0.6 is 0 Å². The number of β-amino-alcohol motifs (C(OH)–C–C–N with tert-alkyl or cyclic N) is 1. The topological polar surface area (TPSA) is 84.3 Å². The Kier molecular flexibility index (Phi) is 5.81. The quantitative estimate of drug-likeness (QED) is 0.766. The summed E-state index contributed by atoms with van der Waals surface area (Å²) in [4.78, 5) is 29.2. The number of aliphatic hydroxyl groups excluding tert-OH is 1. The Bertz CT molecular complexity index is 377. The Morgan fingerprint density at radius 2 is 1.86 bits per heavy atom. The van der Waals surface area contributed by atoms with Crippen LogP contribution in [-0.4, -0.2) is 88.8 Å². The molecule has 2 rings (SSSR count). The molecule has 0 saturated carbocycles. The van der Waals surface area contributed by atoms with Crippen molar-refractivity contribution in [3.8, 4) is 0 Å². The first-order chi connectivity index (χ1) is 10.1. The first-order valence-corrected chi connectivity index (χ1v) is 7.72. The molecule has 21 heavy (non-hydrogen) atoms. The molecule has 2 heterocycles. The smallest absolute Gasteiger partial charge is 0.320 e. The predicted octanol–water partition coefficient (Wildman–Crippen LogP) is 0.0455. The van der Waals surface area contributed by atoms with Gasteiger partial charge in [0.05, 0.1) is 13.0 Å². The molecule has 2 saturated heterocycles. The van der Waals surface area contributed by atoms with E-state index in [1.165, 1.54) is 0 Å². The molecule has 2 N–H and O–H groups in total. The van der Waals surface area contributed by atoms with Crippen LogP contribution in [0.5, 0.6) is 0 Å². The molecular weight excluding hydrogens is 274 g/mol. The summed E-state index contributed by atoms with van der Waals surface area (Å²) in [5, 5.41) is 17.9. The molecule has 2 aliphatic rings. The first kappa shape index (κ1) is 16.0. The Morgan fingerprint density at radius 3 is 2.57 bits per heavy atom. The number of carboxylic acid groups (broad SMARTS) is 1. The Hall–Kier alpha value is -1.34. The lowest BCUT2D eigenvalue weighted by Crippen LogP contribution is -2.47. The highest BCUT2D eigenvalue weighted by Gasteiger charge is 2.33. The lowest BCUT2D eigenvalue weighted by atomic mass is 10.1. The molecule has 0 bridgehead atoms. The number of amides is 2. The van der Waals surface area contributed by atoms with Crippen LogP contribution in [0.4, 0.5) is 4.79 Å². The van der Waals surface area contributed by atoms with E-state index < -0.39 is 5.97 Å². The highest BCUT2D eigenvalue weighted by Crippen LogP contribution is 2.22. The van der Waals surface area contributed by atoms with Gasteiger partial charge in [-0.1, -0.05) is 0 Å². The monoisotopic (exact) mass is 299 g/mol. The molecule has 0 radical (unpaired) electrons. The zero-order valence-corrected chi connectivity index (χ0v) is 12.4. The molecule has 0 aliphatic carbocycles. The first-order valence-electron chi connectivity index (χ1n) is 7.72. The van der Waals surface area contributed by atoms with Crippen molar-refractivity contribution < 1.29 is 19.8 Å². The van der Waals surface area contributed by atoms with Gasteiger partial charge < -0.3 is 20.0 Å². The van der Waals surface area contributed by atoms with Crippen LogP contribution in [0.3, 0.4) is 0 Å². The molecule has 1 atom stereocenters. The number of carboxylic acids is 1. The van der Waals surface area contributed by atoms with E-state index in [0.717, 1.165) is 32.4 Å². The maximum absolute atomic E-state index is 12.6. The van der Waals surface area contributed by atoms with Gasteiger partial charge in [0.2, 0.25) is 0 Å². The molecule has 0 aromatic carbocycles. The third kappa shape index (κ3) is 4.31. The van der Waals surface area contributed by atoms with Gasteiger partial charge in [-0.05, 0) is 25.8 Å². The largest absolute Gasteiger partial charge is 0.481 e. The molecule has 2 aliphatic heterocycles. The summed E-state index contributed by atoms with van der Waals surface area (Å²) in [6.07, 6.45) is 2.59. The fourth-order valence-corrected chi connectivity index (χ4v) is 3.21. The second kappa shape index (κ2) is 7.61. The van der Waals surface area contributed by atoms with Gasteiger partial charge in [0, 0.05) is 38.8 Å². The van der Waals surface area contributed by atoms with Crippen molar-refractivity contribution in [1.82, 2.24) is 14.7 Å². The number of aliphatic carboxylic acids is 1. The van der Waals surface area contributed by atoms with Gasteiger partial charge in [-0.15, -0.1) is 0 Å². The summed E-state index contributed by atoms with van der Waals surface area (Å²) < 4.78 is 0. The zero-order valence-electron chi connectivity index (χ0n) is 12.4. The van der Waals surface area contributed by atoms with Crippen molar-refractivity contribution in [3.05, 3.63) is 0 Å². The molecule has 2 amide bonds. The maximum atomic E-state index is 12.6. The van der Waals surface area contributed by atoms with Crippen LogP contribution in [-0.2, 0) is 4.79 Å². The number of nitrogens with zero attached hydrogens (tertiary/aromatic N) is 3. The molecule has 2 fully saturated rings. The van der Waals surface area contributed by atoms with Gasteiger partial charge in [-0.25, -0.2) is 4.79 Å². The van der Waals surface area contributed by atoms with Crippen molar-refractivity contribution in [3.63, 3.8) is 0 Å². The third-order valence-corrected chi connectivity index (χ3v) is 4.31. The summed E-state index contributed by atoms with van der Waals surface area (Å²) in [7, 11) is 0. The average Bonchev–Trinajstić information content (AvgIpc) is 2.75. The van der Waals surface area contributed by atoms with E-state index in [-0.39, 0.29) is 25.1 Å². The van der Waals surface area contributed by atoms with Crippen molar-refractivity contribution in [2.45, 2.75) is 31.7 Å². The lowest BCUT2D eigenvalue weighted by Gasteiger charge is -2.30. The number of hydrogen-bond acceptors (Lipinski definition) is 4. The molecular formula is C14H25N3O4. The minimum atomic E-state index is -0.843. The number of aliphatic hydroxyl groups is 1. The van der Waals surface area contributed by atoms with Crippen molar-refractivity contribution in [2.24, 2.45) is 0 Å². The summed E-state index contributed by atoms with van der Waals surface area (Å²) in [6, 6.07) is -0.184. The van der Waals surface area contributed by atoms with Gasteiger partial charge in [0.15, 0.2) is 0 Å². The Balaban J connectivity index is 1.91. The summed E-state index contributed by atoms with van der Waals surface area (Å²) in [5.41, 5.74) is 0. The molecule has 7 nitrogen and oxygen atoms in total. The van der Waals surface area contributed by atoms with Gasteiger partial charge in [-0.2, -0.15) is 0 Å². The Labute approximate surface area is 125 Å². The van der Waals surface area contributed by atoms with E-state index in [1.54, 1.807) is 4.90 Å². The highest BCUT2D eigenvalue weighted by atomic mass is 16.4. The summed E-state index contributed by atoms with van der Waals surface area (Å²) in [5.74, 6) is -0.843. The number of rotatable bonds is 4. The average molecular weight is 299 g/mol. The van der Waals surface area contributed by atoms with Crippen LogP contribution < -0.4 is 0 Å². The molecule has 120 valence electrons. The predicted molar refractivity (Wildman–Crippen MR) is 77.1 cm³/mol. The fraction of sp³-hybridized carbons (Fsp3) is 0.857. The Morgan fingerprint density at radius 1 is 1.05 bits per heavy atom. The summed E-state index contributed by atoms with van der Waals surface area (Å²) >= 11 is 0. The van der Waals surface area contributed by atoms with Crippen LogP contribution in [0.1, 0.15) is 25.7 Å². The van der Waals surface area contributed by atoms with E-state index in [9.17, 15) is 9.59 Å². The number of carbonyl (C=O) groups is 2. The number of carbonyl (C=O) groups excluding carboxylic acids is 1. The lowest BCUT2D eigenvalue weighted by molar-refractivity contribution is -0.138. The van der Waals surface area contributed by atoms with E-state index in [1.807, 2.05) is 4.90 Å². The van der Waals surface area contributed by atoms with Crippen LogP contribution in [0.25, 0.3) is 0 Å². The van der Waals surface area contributed by atoms with Gasteiger partial charge in [0.25, 0.3) is 0 Å².